The van der Waals surface area contributed by atoms with E-state index >= 15 is 0 Å². The van der Waals surface area contributed by atoms with Crippen molar-refractivity contribution in [3.8, 4) is 0 Å². The first-order valence-electron chi connectivity index (χ1n) is 6.54. The van der Waals surface area contributed by atoms with Crippen molar-refractivity contribution in [2.24, 2.45) is 0 Å². The Morgan fingerprint density at radius 3 is 2.80 bits per heavy atom. The molecule has 1 fully saturated rings. The zero-order valence-corrected chi connectivity index (χ0v) is 11.9. The highest BCUT2D eigenvalue weighted by molar-refractivity contribution is 5.95. The van der Waals surface area contributed by atoms with Crippen LogP contribution >= 0.6 is 0 Å². The van der Waals surface area contributed by atoms with Gasteiger partial charge in [-0.1, -0.05) is 0 Å². The molecule has 0 unspecified atom stereocenters. The molecular weight excluding hydrogens is 261 g/mol. The summed E-state index contributed by atoms with van der Waals surface area (Å²) in [5, 5.41) is 5.93. The topological polar surface area (TPSA) is 53.6 Å². The van der Waals surface area contributed by atoms with Gasteiger partial charge in [-0.05, 0) is 18.2 Å². The minimum absolute atomic E-state index is 0.0531. The molecule has 0 radical (unpaired) electrons. The normalized spacial score (nSPS) is 21.8. The number of rotatable bonds is 4. The first-order valence-corrected chi connectivity index (χ1v) is 6.54. The van der Waals surface area contributed by atoms with E-state index in [2.05, 4.69) is 10.6 Å². The van der Waals surface area contributed by atoms with Crippen LogP contribution in [0.2, 0.25) is 0 Å². The third-order valence-corrected chi connectivity index (χ3v) is 3.49. The van der Waals surface area contributed by atoms with Gasteiger partial charge < -0.3 is 20.3 Å². The predicted molar refractivity (Wildman–Crippen MR) is 75.6 cm³/mol. The molecule has 0 bridgehead atoms. The summed E-state index contributed by atoms with van der Waals surface area (Å²) in [6.07, 6.45) is -0.0805. The number of amides is 1. The second-order valence-corrected chi connectivity index (χ2v) is 5.07. The Bertz CT molecular complexity index is 493. The van der Waals surface area contributed by atoms with E-state index in [0.29, 0.717) is 13.1 Å². The van der Waals surface area contributed by atoms with E-state index in [1.807, 2.05) is 14.1 Å². The molecule has 20 heavy (non-hydrogen) atoms. The fraction of sp³-hybridized carbons (Fsp3) is 0.500. The number of nitrogens with one attached hydrogen (secondary N) is 2. The smallest absolute Gasteiger partial charge is 0.254 e. The highest BCUT2D eigenvalue weighted by Gasteiger charge is 2.29. The number of hydrogen-bond donors (Lipinski definition) is 2. The van der Waals surface area contributed by atoms with Gasteiger partial charge in [-0.2, -0.15) is 0 Å². The van der Waals surface area contributed by atoms with Gasteiger partial charge in [0.25, 0.3) is 5.91 Å². The summed E-state index contributed by atoms with van der Waals surface area (Å²) in [7, 11) is 5.24. The third-order valence-electron chi connectivity index (χ3n) is 3.49. The molecular formula is C14H20FN3O2. The molecule has 1 aliphatic rings. The summed E-state index contributed by atoms with van der Waals surface area (Å²) in [5.41, 5.74) is 0.772. The monoisotopic (exact) mass is 281 g/mol. The average molecular weight is 281 g/mol. The molecule has 1 heterocycles. The van der Waals surface area contributed by atoms with E-state index in [1.54, 1.807) is 18.1 Å². The number of nitrogens with zero attached hydrogens (tertiary/aromatic N) is 1. The molecule has 5 nitrogen and oxygen atoms in total. The van der Waals surface area contributed by atoms with Crippen molar-refractivity contribution < 1.29 is 13.9 Å². The van der Waals surface area contributed by atoms with Crippen molar-refractivity contribution in [3.63, 3.8) is 0 Å². The van der Waals surface area contributed by atoms with Crippen LogP contribution in [0.25, 0.3) is 0 Å². The molecule has 0 spiro atoms. The summed E-state index contributed by atoms with van der Waals surface area (Å²) in [5.74, 6) is -0.933. The Kier molecular flexibility index (Phi) is 4.57. The molecule has 1 aromatic carbocycles. The van der Waals surface area contributed by atoms with Crippen molar-refractivity contribution in [1.82, 2.24) is 10.6 Å². The van der Waals surface area contributed by atoms with E-state index in [4.69, 9.17) is 4.74 Å². The van der Waals surface area contributed by atoms with E-state index in [1.165, 1.54) is 12.1 Å². The zero-order chi connectivity index (χ0) is 14.7. The van der Waals surface area contributed by atoms with E-state index in [0.717, 1.165) is 5.69 Å². The minimum Gasteiger partial charge on any atom is -0.378 e. The SMILES string of the molecule is CO[C@H]1CNC[C@H]1NC(=O)c1ccc(N(C)C)cc1F. The van der Waals surface area contributed by atoms with Crippen LogP contribution in [0.5, 0.6) is 0 Å². The van der Waals surface area contributed by atoms with Gasteiger partial charge >= 0.3 is 0 Å². The third kappa shape index (κ3) is 3.08. The largest absolute Gasteiger partial charge is 0.378 e. The van der Waals surface area contributed by atoms with Crippen LogP contribution in [0.15, 0.2) is 18.2 Å². The lowest BCUT2D eigenvalue weighted by molar-refractivity contribution is 0.0777. The minimum atomic E-state index is -0.520. The second kappa shape index (κ2) is 6.19. The fourth-order valence-corrected chi connectivity index (χ4v) is 2.26. The summed E-state index contributed by atoms with van der Waals surface area (Å²) in [6.45, 7) is 1.31. The highest BCUT2D eigenvalue weighted by atomic mass is 19.1. The maximum atomic E-state index is 14.0. The first kappa shape index (κ1) is 14.7. The molecule has 110 valence electrons. The van der Waals surface area contributed by atoms with Crippen LogP contribution in [-0.2, 0) is 4.74 Å². The van der Waals surface area contributed by atoms with E-state index < -0.39 is 11.7 Å². The quantitative estimate of drug-likeness (QED) is 0.849. The maximum absolute atomic E-state index is 14.0. The standard InChI is InChI=1S/C14H20FN3O2/c1-18(2)9-4-5-10(11(15)6-9)14(19)17-12-7-16-8-13(12)20-3/h4-6,12-13,16H,7-8H2,1-3H3,(H,17,19)/t12-,13+/m1/s1. The number of ether oxygens (including phenoxy) is 1. The molecule has 1 amide bonds. The van der Waals surface area contributed by atoms with Crippen molar-refractivity contribution in [1.29, 1.82) is 0 Å². The molecule has 2 rings (SSSR count). The van der Waals surface area contributed by atoms with E-state index in [9.17, 15) is 9.18 Å². The molecule has 1 aromatic rings. The van der Waals surface area contributed by atoms with Gasteiger partial charge in [0.15, 0.2) is 0 Å². The summed E-state index contributed by atoms with van der Waals surface area (Å²) in [4.78, 5) is 13.9. The van der Waals surface area contributed by atoms with Crippen molar-refractivity contribution in [2.45, 2.75) is 12.1 Å². The van der Waals surface area contributed by atoms with Crippen molar-refractivity contribution in [3.05, 3.63) is 29.6 Å². The van der Waals surface area contributed by atoms with Gasteiger partial charge in [-0.3, -0.25) is 4.79 Å². The summed E-state index contributed by atoms with van der Waals surface area (Å²) < 4.78 is 19.2. The first-order chi connectivity index (χ1) is 9.52. The number of halogens is 1. The lowest BCUT2D eigenvalue weighted by Gasteiger charge is -2.19. The van der Waals surface area contributed by atoms with Crippen LogP contribution in [0.3, 0.4) is 0 Å². The summed E-state index contributed by atoms with van der Waals surface area (Å²) >= 11 is 0. The number of methoxy groups -OCH3 is 1. The Hall–Kier alpha value is -1.66. The predicted octanol–water partition coefficient (Wildman–Crippen LogP) is 0.608. The fourth-order valence-electron chi connectivity index (χ4n) is 2.26. The van der Waals surface area contributed by atoms with Crippen LogP contribution in [0.1, 0.15) is 10.4 Å². The van der Waals surface area contributed by atoms with Crippen molar-refractivity contribution >= 4 is 11.6 Å². The van der Waals surface area contributed by atoms with Gasteiger partial charge in [0.05, 0.1) is 17.7 Å². The zero-order valence-electron chi connectivity index (χ0n) is 11.9. The van der Waals surface area contributed by atoms with Gasteiger partial charge in [0.1, 0.15) is 5.82 Å². The molecule has 6 heteroatoms. The van der Waals surface area contributed by atoms with Crippen molar-refractivity contribution in [2.75, 3.05) is 39.2 Å². The van der Waals surface area contributed by atoms with Gasteiger partial charge in [0, 0.05) is 40.0 Å². The molecule has 2 atom stereocenters. The lowest BCUT2D eigenvalue weighted by atomic mass is 10.1. The van der Waals surface area contributed by atoms with Crippen LogP contribution in [-0.4, -0.2) is 52.3 Å². The molecule has 1 saturated heterocycles. The van der Waals surface area contributed by atoms with Gasteiger partial charge in [-0.15, -0.1) is 0 Å². The average Bonchev–Trinajstić information content (AvgIpc) is 2.85. The number of carbonyl (C=O) groups is 1. The van der Waals surface area contributed by atoms with Crippen LogP contribution in [0.4, 0.5) is 10.1 Å². The number of anilines is 1. The van der Waals surface area contributed by atoms with Gasteiger partial charge in [0.2, 0.25) is 0 Å². The van der Waals surface area contributed by atoms with Crippen LogP contribution < -0.4 is 15.5 Å². The Labute approximate surface area is 118 Å². The number of carbonyl (C=O) groups excluding carboxylic acids is 1. The van der Waals surface area contributed by atoms with Gasteiger partial charge in [-0.25, -0.2) is 4.39 Å². The maximum Gasteiger partial charge on any atom is 0.254 e. The Balaban J connectivity index is 2.09. The summed E-state index contributed by atoms with van der Waals surface area (Å²) in [6, 6.07) is 4.44. The molecule has 0 aromatic heterocycles. The lowest BCUT2D eigenvalue weighted by Crippen LogP contribution is -2.43. The molecule has 0 aliphatic carbocycles. The van der Waals surface area contributed by atoms with Crippen LogP contribution in [0, 0.1) is 5.82 Å². The molecule has 2 N–H and O–H groups in total. The Morgan fingerprint density at radius 2 is 2.20 bits per heavy atom. The highest BCUT2D eigenvalue weighted by Crippen LogP contribution is 2.17. The number of hydrogen-bond acceptors (Lipinski definition) is 4. The Morgan fingerprint density at radius 1 is 1.45 bits per heavy atom. The molecule has 1 aliphatic heterocycles. The molecule has 0 saturated carbocycles. The second-order valence-electron chi connectivity index (χ2n) is 5.07. The number of benzene rings is 1. The van der Waals surface area contributed by atoms with E-state index in [-0.39, 0.29) is 17.7 Å².